The minimum atomic E-state index is -0.788. The van der Waals surface area contributed by atoms with E-state index in [0.717, 1.165) is 5.56 Å². The molecule has 2 aromatic rings. The molecule has 1 amide bonds. The molecule has 128 valence electrons. The average Bonchev–Trinajstić information content (AvgIpc) is 2.62. The van der Waals surface area contributed by atoms with E-state index in [-0.39, 0.29) is 12.4 Å². The van der Waals surface area contributed by atoms with E-state index >= 15 is 0 Å². The third-order valence-electron chi connectivity index (χ3n) is 3.07. The first-order valence-electron chi connectivity index (χ1n) is 7.43. The van der Waals surface area contributed by atoms with Crippen LogP contribution in [0.3, 0.4) is 0 Å². The maximum absolute atomic E-state index is 12.8. The Labute approximate surface area is 144 Å². The van der Waals surface area contributed by atoms with Crippen LogP contribution in [-0.4, -0.2) is 24.8 Å². The van der Waals surface area contributed by atoms with Crippen molar-refractivity contribution in [2.24, 2.45) is 5.10 Å². The van der Waals surface area contributed by atoms with Crippen LogP contribution in [0.5, 0.6) is 11.5 Å². The van der Waals surface area contributed by atoms with Gasteiger partial charge in [0.25, 0.3) is 5.91 Å². The Morgan fingerprint density at radius 3 is 2.52 bits per heavy atom. The number of nitrogens with zero attached hydrogens (tertiary/aromatic N) is 2. The molecular formula is C18H16FN3O3. The van der Waals surface area contributed by atoms with Crippen LogP contribution in [0.25, 0.3) is 0 Å². The van der Waals surface area contributed by atoms with Crippen molar-refractivity contribution >= 4 is 12.1 Å². The maximum Gasteiger partial charge on any atom is 0.280 e. The highest BCUT2D eigenvalue weighted by molar-refractivity contribution is 5.84. The lowest BCUT2D eigenvalue weighted by molar-refractivity contribution is -0.127. The van der Waals surface area contributed by atoms with Crippen molar-refractivity contribution in [2.75, 3.05) is 6.61 Å². The summed E-state index contributed by atoms with van der Waals surface area (Å²) < 4.78 is 23.3. The first-order valence-corrected chi connectivity index (χ1v) is 7.43. The van der Waals surface area contributed by atoms with E-state index in [9.17, 15) is 9.18 Å². The van der Waals surface area contributed by atoms with Crippen LogP contribution in [0.2, 0.25) is 0 Å². The van der Waals surface area contributed by atoms with Crippen LogP contribution in [0.1, 0.15) is 12.5 Å². The minimum Gasteiger partial charge on any atom is -0.481 e. The van der Waals surface area contributed by atoms with Crippen molar-refractivity contribution in [3.8, 4) is 17.6 Å². The monoisotopic (exact) mass is 341 g/mol. The summed E-state index contributed by atoms with van der Waals surface area (Å²) in [5.74, 6) is 0.151. The third kappa shape index (κ3) is 5.95. The molecule has 0 aromatic heterocycles. The molecule has 7 heteroatoms. The normalized spacial score (nSPS) is 11.6. The number of nitriles is 1. The number of benzene rings is 2. The molecule has 2 aromatic carbocycles. The molecule has 0 bridgehead atoms. The van der Waals surface area contributed by atoms with Crippen LogP contribution in [-0.2, 0) is 4.79 Å². The predicted octanol–water partition coefficient (Wildman–Crippen LogP) is 2.65. The number of rotatable bonds is 7. The van der Waals surface area contributed by atoms with Gasteiger partial charge in [-0.15, -0.1) is 0 Å². The first-order chi connectivity index (χ1) is 12.1. The van der Waals surface area contributed by atoms with Crippen molar-refractivity contribution in [3.63, 3.8) is 0 Å². The van der Waals surface area contributed by atoms with Gasteiger partial charge in [0.15, 0.2) is 12.7 Å². The molecule has 0 heterocycles. The van der Waals surface area contributed by atoms with Gasteiger partial charge in [0.1, 0.15) is 23.4 Å². The smallest absolute Gasteiger partial charge is 0.280 e. The van der Waals surface area contributed by atoms with Crippen molar-refractivity contribution in [3.05, 3.63) is 59.9 Å². The molecule has 25 heavy (non-hydrogen) atoms. The molecule has 1 atom stereocenters. The third-order valence-corrected chi connectivity index (χ3v) is 3.07. The molecule has 0 saturated heterocycles. The Kier molecular flexibility index (Phi) is 6.48. The summed E-state index contributed by atoms with van der Waals surface area (Å²) in [6, 6.07) is 14.1. The second kappa shape index (κ2) is 9.03. The van der Waals surface area contributed by atoms with Crippen LogP contribution < -0.4 is 14.9 Å². The topological polar surface area (TPSA) is 83.7 Å². The van der Waals surface area contributed by atoms with Gasteiger partial charge in [0.2, 0.25) is 0 Å². The van der Waals surface area contributed by atoms with E-state index in [0.29, 0.717) is 11.5 Å². The van der Waals surface area contributed by atoms with Crippen molar-refractivity contribution < 1.29 is 18.7 Å². The van der Waals surface area contributed by atoms with Crippen molar-refractivity contribution in [1.82, 2.24) is 5.43 Å². The molecule has 6 nitrogen and oxygen atoms in total. The fourth-order valence-electron chi connectivity index (χ4n) is 1.80. The number of carbonyl (C=O) groups excluding carboxylic acids is 1. The van der Waals surface area contributed by atoms with Crippen LogP contribution in [0.4, 0.5) is 4.39 Å². The van der Waals surface area contributed by atoms with Crippen molar-refractivity contribution in [2.45, 2.75) is 13.0 Å². The predicted molar refractivity (Wildman–Crippen MR) is 89.8 cm³/mol. The number of hydrogen-bond acceptors (Lipinski definition) is 5. The number of hydrogen-bond donors (Lipinski definition) is 1. The fraction of sp³-hybridized carbons (Fsp3) is 0.167. The molecule has 1 N–H and O–H groups in total. The number of carbonyl (C=O) groups is 1. The zero-order valence-corrected chi connectivity index (χ0v) is 13.5. The fourth-order valence-corrected chi connectivity index (χ4v) is 1.80. The lowest BCUT2D eigenvalue weighted by Gasteiger charge is -2.12. The highest BCUT2D eigenvalue weighted by Gasteiger charge is 2.13. The van der Waals surface area contributed by atoms with Gasteiger partial charge in [-0.05, 0) is 61.0 Å². The molecule has 2 rings (SSSR count). The zero-order chi connectivity index (χ0) is 18.1. The summed E-state index contributed by atoms with van der Waals surface area (Å²) in [5.41, 5.74) is 3.12. The summed E-state index contributed by atoms with van der Waals surface area (Å²) >= 11 is 0. The molecule has 0 aliphatic carbocycles. The van der Waals surface area contributed by atoms with Crippen molar-refractivity contribution in [1.29, 1.82) is 5.26 Å². The Morgan fingerprint density at radius 1 is 1.24 bits per heavy atom. The maximum atomic E-state index is 12.8. The largest absolute Gasteiger partial charge is 0.481 e. The molecule has 0 fully saturated rings. The van der Waals surface area contributed by atoms with Gasteiger partial charge in [-0.25, -0.2) is 9.82 Å². The highest BCUT2D eigenvalue weighted by Crippen LogP contribution is 2.13. The summed E-state index contributed by atoms with van der Waals surface area (Å²) in [6.07, 6.45) is 0.681. The summed E-state index contributed by atoms with van der Waals surface area (Å²) in [6.45, 7) is 1.55. The van der Waals surface area contributed by atoms with E-state index in [2.05, 4.69) is 10.5 Å². The van der Waals surface area contributed by atoms with E-state index in [4.69, 9.17) is 14.7 Å². The zero-order valence-electron chi connectivity index (χ0n) is 13.5. The number of hydrazone groups is 1. The van der Waals surface area contributed by atoms with E-state index in [1.165, 1.54) is 30.5 Å². The average molecular weight is 341 g/mol. The minimum absolute atomic E-state index is 0.0184. The van der Waals surface area contributed by atoms with Gasteiger partial charge in [-0.3, -0.25) is 4.79 Å². The Hall–Kier alpha value is -3.40. The van der Waals surface area contributed by atoms with E-state index < -0.39 is 12.0 Å². The standard InChI is InChI=1S/C18H16FN3O3/c1-13(25-17-8-4-15(19)5-9-17)18(23)22-21-12-14-2-6-16(7-3-14)24-11-10-20/h2-9,12-13H,11H2,1H3,(H,22,23)/b21-12-/t13-/m1/s1. The second-order valence-electron chi connectivity index (χ2n) is 4.96. The number of ether oxygens (including phenoxy) is 2. The molecule has 0 unspecified atom stereocenters. The van der Waals surface area contributed by atoms with E-state index in [1.807, 2.05) is 6.07 Å². The van der Waals surface area contributed by atoms with Crippen LogP contribution in [0, 0.1) is 17.1 Å². The molecule has 0 spiro atoms. The lowest BCUT2D eigenvalue weighted by atomic mass is 10.2. The number of nitrogens with one attached hydrogen (secondary N) is 1. The highest BCUT2D eigenvalue weighted by atomic mass is 19.1. The van der Waals surface area contributed by atoms with Gasteiger partial charge in [0, 0.05) is 0 Å². The van der Waals surface area contributed by atoms with Gasteiger partial charge in [-0.1, -0.05) is 0 Å². The van der Waals surface area contributed by atoms with Gasteiger partial charge >= 0.3 is 0 Å². The Bertz CT molecular complexity index is 768. The Balaban J connectivity index is 1.82. The molecule has 0 aliphatic heterocycles. The van der Waals surface area contributed by atoms with Gasteiger partial charge in [0.05, 0.1) is 6.21 Å². The second-order valence-corrected chi connectivity index (χ2v) is 4.96. The quantitative estimate of drug-likeness (QED) is 0.620. The van der Waals surface area contributed by atoms with Gasteiger partial charge < -0.3 is 9.47 Å². The summed E-state index contributed by atoms with van der Waals surface area (Å²) in [7, 11) is 0. The first kappa shape index (κ1) is 17.9. The van der Waals surface area contributed by atoms with Crippen LogP contribution >= 0.6 is 0 Å². The SMILES string of the molecule is C[C@@H](Oc1ccc(F)cc1)C(=O)N/N=C\c1ccc(OCC#N)cc1. The van der Waals surface area contributed by atoms with Gasteiger partial charge in [-0.2, -0.15) is 10.4 Å². The summed E-state index contributed by atoms with van der Waals surface area (Å²) in [4.78, 5) is 11.9. The molecule has 0 radical (unpaired) electrons. The summed E-state index contributed by atoms with van der Waals surface area (Å²) in [5, 5.41) is 12.3. The lowest BCUT2D eigenvalue weighted by Crippen LogP contribution is -2.33. The molecular weight excluding hydrogens is 325 g/mol. The number of halogens is 1. The molecule has 0 aliphatic rings. The number of amides is 1. The van der Waals surface area contributed by atoms with E-state index in [1.54, 1.807) is 31.2 Å². The molecule has 0 saturated carbocycles. The van der Waals surface area contributed by atoms with Crippen LogP contribution in [0.15, 0.2) is 53.6 Å². The Morgan fingerprint density at radius 2 is 1.88 bits per heavy atom.